The molecule has 2 aromatic carbocycles. The molecule has 13 heteroatoms. The van der Waals surface area contributed by atoms with Gasteiger partial charge in [0.1, 0.15) is 0 Å². The van der Waals surface area contributed by atoms with Gasteiger partial charge in [0.05, 0.1) is 35.0 Å². The van der Waals surface area contributed by atoms with E-state index in [1.54, 1.807) is 13.0 Å². The van der Waals surface area contributed by atoms with E-state index in [0.29, 0.717) is 21.2 Å². The Labute approximate surface area is 192 Å². The summed E-state index contributed by atoms with van der Waals surface area (Å²) in [5, 5.41) is 9.04. The highest BCUT2D eigenvalue weighted by Crippen LogP contribution is 2.33. The lowest BCUT2D eigenvalue weighted by molar-refractivity contribution is -0.138. The molecule has 2 aromatic heterocycles. The standard InChI is InChI=1S/C22H17F3N4O6/c1-10-6-14-15(27-19(31)26-14)7-16(10)28-9-17(35-21(33)34)18(30)29(20(28)32)8-12-4-3-5-13(11(12)2)22(23,24)25/h3-7,9H,8H2,1-2H3,(H,33,34)(H2,26,27,31). The van der Waals surface area contributed by atoms with Crippen LogP contribution in [0.1, 0.15) is 22.3 Å². The fraction of sp³-hybridized carbons (Fsp3) is 0.182. The van der Waals surface area contributed by atoms with Crippen LogP contribution < -0.4 is 21.7 Å². The molecule has 0 spiro atoms. The maximum Gasteiger partial charge on any atom is 0.511 e. The summed E-state index contributed by atoms with van der Waals surface area (Å²) < 4.78 is 46.1. The van der Waals surface area contributed by atoms with Crippen LogP contribution in [0.4, 0.5) is 18.0 Å². The first-order valence-corrected chi connectivity index (χ1v) is 10.0. The Hall–Kier alpha value is -4.55. The third-order valence-corrected chi connectivity index (χ3v) is 5.51. The van der Waals surface area contributed by atoms with Crippen LogP contribution in [0, 0.1) is 13.8 Å². The van der Waals surface area contributed by atoms with Crippen LogP contribution in [0.5, 0.6) is 5.75 Å². The summed E-state index contributed by atoms with van der Waals surface area (Å²) in [6, 6.07) is 6.33. The third kappa shape index (κ3) is 4.35. The first-order valence-electron chi connectivity index (χ1n) is 10.0. The fourth-order valence-corrected chi connectivity index (χ4v) is 3.82. The summed E-state index contributed by atoms with van der Waals surface area (Å²) in [5.74, 6) is -0.733. The van der Waals surface area contributed by atoms with Crippen molar-refractivity contribution in [2.75, 3.05) is 0 Å². The molecule has 0 unspecified atom stereocenters. The van der Waals surface area contributed by atoms with Gasteiger partial charge in [0.15, 0.2) is 0 Å². The first kappa shape index (κ1) is 23.6. The number of fused-ring (bicyclic) bond motifs is 1. The van der Waals surface area contributed by atoms with Crippen molar-refractivity contribution in [1.29, 1.82) is 0 Å². The number of hydrogen-bond acceptors (Lipinski definition) is 5. The van der Waals surface area contributed by atoms with E-state index in [1.807, 2.05) is 0 Å². The minimum Gasteiger partial charge on any atom is -0.449 e. The number of aromatic amines is 2. The van der Waals surface area contributed by atoms with Gasteiger partial charge in [0, 0.05) is 0 Å². The molecule has 0 aliphatic heterocycles. The number of aromatic nitrogens is 4. The predicted molar refractivity (Wildman–Crippen MR) is 117 cm³/mol. The van der Waals surface area contributed by atoms with Gasteiger partial charge in [-0.2, -0.15) is 13.2 Å². The van der Waals surface area contributed by atoms with E-state index in [9.17, 15) is 32.3 Å². The molecular formula is C22H17F3N4O6. The molecule has 0 aliphatic carbocycles. The molecule has 3 N–H and O–H groups in total. The fourth-order valence-electron chi connectivity index (χ4n) is 3.82. The van der Waals surface area contributed by atoms with Crippen LogP contribution in [0.15, 0.2) is 50.9 Å². The lowest BCUT2D eigenvalue weighted by Crippen LogP contribution is -2.40. The van der Waals surface area contributed by atoms with Gasteiger partial charge in [-0.25, -0.2) is 14.4 Å². The maximum absolute atomic E-state index is 13.3. The van der Waals surface area contributed by atoms with Crippen LogP contribution >= 0.6 is 0 Å². The number of aryl methyl sites for hydroxylation is 1. The van der Waals surface area contributed by atoms with Gasteiger partial charge in [0.2, 0.25) is 5.75 Å². The van der Waals surface area contributed by atoms with E-state index in [2.05, 4.69) is 14.7 Å². The zero-order chi connectivity index (χ0) is 25.7. The first-order chi connectivity index (χ1) is 16.4. The Morgan fingerprint density at radius 1 is 1.09 bits per heavy atom. The number of alkyl halides is 3. The number of imidazole rings is 1. The van der Waals surface area contributed by atoms with E-state index in [0.717, 1.165) is 22.9 Å². The smallest absolute Gasteiger partial charge is 0.449 e. The minimum absolute atomic E-state index is 0.0280. The van der Waals surface area contributed by atoms with Crippen molar-refractivity contribution in [3.8, 4) is 11.4 Å². The number of nitrogens with one attached hydrogen (secondary N) is 2. The number of H-pyrrole nitrogens is 2. The molecule has 0 saturated heterocycles. The number of nitrogens with zero attached hydrogens (tertiary/aromatic N) is 2. The second-order valence-electron chi connectivity index (χ2n) is 7.76. The number of rotatable bonds is 4. The molecule has 0 atom stereocenters. The van der Waals surface area contributed by atoms with Crippen molar-refractivity contribution in [2.45, 2.75) is 26.6 Å². The maximum atomic E-state index is 13.3. The number of benzene rings is 2. The van der Waals surface area contributed by atoms with Crippen molar-refractivity contribution in [1.82, 2.24) is 19.1 Å². The van der Waals surface area contributed by atoms with E-state index >= 15 is 0 Å². The molecule has 4 rings (SSSR count). The molecule has 0 saturated carbocycles. The molecule has 35 heavy (non-hydrogen) atoms. The van der Waals surface area contributed by atoms with Crippen LogP contribution in [0.25, 0.3) is 16.7 Å². The Bertz CT molecular complexity index is 1660. The Kier molecular flexibility index (Phi) is 5.63. The number of carbonyl (C=O) groups is 1. The number of halogens is 3. The Balaban J connectivity index is 1.96. The SMILES string of the molecule is Cc1cc2[nH]c(=O)[nH]c2cc1-n1cc(OC(=O)O)c(=O)n(Cc2cccc(C(F)(F)F)c2C)c1=O. The quantitative estimate of drug-likeness (QED) is 0.376. The lowest BCUT2D eigenvalue weighted by atomic mass is 10.0. The van der Waals surface area contributed by atoms with Gasteiger partial charge in [0.25, 0.3) is 5.56 Å². The third-order valence-electron chi connectivity index (χ3n) is 5.51. The molecule has 10 nitrogen and oxygen atoms in total. The zero-order valence-electron chi connectivity index (χ0n) is 18.2. The van der Waals surface area contributed by atoms with E-state index in [-0.39, 0.29) is 16.8 Å². The molecule has 0 fully saturated rings. The molecule has 0 amide bonds. The number of hydrogen-bond donors (Lipinski definition) is 3. The van der Waals surface area contributed by atoms with Crippen molar-refractivity contribution in [3.05, 3.63) is 90.1 Å². The summed E-state index contributed by atoms with van der Waals surface area (Å²) in [4.78, 5) is 54.1. The van der Waals surface area contributed by atoms with Crippen molar-refractivity contribution in [2.24, 2.45) is 0 Å². The summed E-state index contributed by atoms with van der Waals surface area (Å²) in [7, 11) is 0. The largest absolute Gasteiger partial charge is 0.511 e. The van der Waals surface area contributed by atoms with Gasteiger partial charge in [-0.05, 0) is 48.7 Å². The van der Waals surface area contributed by atoms with Gasteiger partial charge in [-0.3, -0.25) is 13.9 Å². The zero-order valence-corrected chi connectivity index (χ0v) is 18.2. The lowest BCUT2D eigenvalue weighted by Gasteiger charge is -2.17. The highest BCUT2D eigenvalue weighted by atomic mass is 19.4. The van der Waals surface area contributed by atoms with E-state index in [1.165, 1.54) is 19.1 Å². The van der Waals surface area contributed by atoms with Crippen molar-refractivity contribution in [3.63, 3.8) is 0 Å². The molecule has 182 valence electrons. The average molecular weight is 490 g/mol. The monoisotopic (exact) mass is 490 g/mol. The second kappa shape index (κ2) is 8.34. The molecular weight excluding hydrogens is 473 g/mol. The van der Waals surface area contributed by atoms with Gasteiger partial charge < -0.3 is 19.8 Å². The summed E-state index contributed by atoms with van der Waals surface area (Å²) in [6.07, 6.45) is -5.59. The Morgan fingerprint density at radius 2 is 1.74 bits per heavy atom. The van der Waals surface area contributed by atoms with Crippen molar-refractivity contribution < 1.29 is 27.8 Å². The average Bonchev–Trinajstić information content (AvgIpc) is 3.11. The van der Waals surface area contributed by atoms with Crippen molar-refractivity contribution >= 4 is 17.2 Å². The van der Waals surface area contributed by atoms with E-state index in [4.69, 9.17) is 5.11 Å². The molecule has 0 bridgehead atoms. The van der Waals surface area contributed by atoms with Crippen LogP contribution in [0.2, 0.25) is 0 Å². The Morgan fingerprint density at radius 3 is 2.37 bits per heavy atom. The number of ether oxygens (including phenoxy) is 1. The second-order valence-corrected chi connectivity index (χ2v) is 7.76. The summed E-state index contributed by atoms with van der Waals surface area (Å²) in [6.45, 7) is 2.24. The molecule has 4 aromatic rings. The van der Waals surface area contributed by atoms with Gasteiger partial charge >= 0.3 is 23.7 Å². The molecule has 2 heterocycles. The highest BCUT2D eigenvalue weighted by molar-refractivity contribution is 5.78. The van der Waals surface area contributed by atoms with Crippen LogP contribution in [0.3, 0.4) is 0 Å². The van der Waals surface area contributed by atoms with Crippen LogP contribution in [-0.2, 0) is 12.7 Å². The summed E-state index contributed by atoms with van der Waals surface area (Å²) >= 11 is 0. The topological polar surface area (TPSA) is 139 Å². The number of carboxylic acid groups (broad SMARTS) is 1. The normalized spacial score (nSPS) is 11.7. The van der Waals surface area contributed by atoms with Crippen LogP contribution in [-0.4, -0.2) is 30.4 Å². The van der Waals surface area contributed by atoms with Gasteiger partial charge in [-0.1, -0.05) is 12.1 Å². The highest BCUT2D eigenvalue weighted by Gasteiger charge is 2.33. The molecule has 0 radical (unpaired) electrons. The predicted octanol–water partition coefficient (Wildman–Crippen LogP) is 2.91. The summed E-state index contributed by atoms with van der Waals surface area (Å²) in [5.41, 5.74) is -2.26. The van der Waals surface area contributed by atoms with Gasteiger partial charge in [-0.15, -0.1) is 0 Å². The minimum atomic E-state index is -4.65. The van der Waals surface area contributed by atoms with E-state index < -0.39 is 47.1 Å². The molecule has 0 aliphatic rings.